The lowest BCUT2D eigenvalue weighted by molar-refractivity contribution is -0.0419. The monoisotopic (exact) mass is 458 g/mol. The van der Waals surface area contributed by atoms with E-state index < -0.39 is 18.8 Å². The zero-order valence-corrected chi connectivity index (χ0v) is 18.9. The number of rotatable bonds is 5. The normalized spacial score (nSPS) is 16.9. The van der Waals surface area contributed by atoms with Crippen molar-refractivity contribution < 1.29 is 23.4 Å². The molecular weight excluding hydrogens is 430 g/mol. The quantitative estimate of drug-likeness (QED) is 0.476. The molecule has 2 aromatic carbocycles. The molecule has 0 bridgehead atoms. The summed E-state index contributed by atoms with van der Waals surface area (Å²) in [5, 5.41) is 23.0. The highest BCUT2D eigenvalue weighted by molar-refractivity contribution is 5.83. The minimum Gasteiger partial charge on any atom is -0.440 e. The van der Waals surface area contributed by atoms with Crippen LogP contribution in [-0.4, -0.2) is 29.2 Å². The lowest BCUT2D eigenvalue weighted by atomic mass is 9.99. The molecule has 0 aliphatic carbocycles. The molecule has 3 aromatic rings. The van der Waals surface area contributed by atoms with E-state index in [9.17, 15) is 23.8 Å². The summed E-state index contributed by atoms with van der Waals surface area (Å²) in [5.41, 5.74) is 2.77. The van der Waals surface area contributed by atoms with Crippen molar-refractivity contribution in [2.75, 3.05) is 23.3 Å². The summed E-state index contributed by atoms with van der Waals surface area (Å²) < 4.78 is 34.3. The summed E-state index contributed by atoms with van der Waals surface area (Å²) in [6.07, 6.45) is -1.52. The molecule has 2 heterocycles. The van der Waals surface area contributed by atoms with Crippen LogP contribution < -0.4 is 15.6 Å². The third-order valence-electron chi connectivity index (χ3n) is 6.12. The van der Waals surface area contributed by atoms with E-state index in [1.165, 1.54) is 4.90 Å². The highest BCUT2D eigenvalue weighted by atomic mass is 19.3. The van der Waals surface area contributed by atoms with Crippen molar-refractivity contribution in [3.8, 4) is 0 Å². The summed E-state index contributed by atoms with van der Waals surface area (Å²) in [7, 11) is 0. The number of alkyl halides is 2. The van der Waals surface area contributed by atoms with Gasteiger partial charge < -0.3 is 24.8 Å². The zero-order valence-electron chi connectivity index (χ0n) is 18.9. The van der Waals surface area contributed by atoms with Gasteiger partial charge in [0, 0.05) is 29.8 Å². The van der Waals surface area contributed by atoms with Crippen LogP contribution in [0.2, 0.25) is 0 Å². The van der Waals surface area contributed by atoms with Gasteiger partial charge in [0.2, 0.25) is 5.88 Å². The molecule has 1 aliphatic heterocycles. The summed E-state index contributed by atoms with van der Waals surface area (Å²) in [5.74, 6) is -2.66. The number of aliphatic hydroxyl groups is 2. The fourth-order valence-electron chi connectivity index (χ4n) is 4.48. The van der Waals surface area contributed by atoms with Gasteiger partial charge in [0.1, 0.15) is 5.58 Å². The summed E-state index contributed by atoms with van der Waals surface area (Å²) >= 11 is 0. The Hall–Kier alpha value is -2.97. The number of hydrogen-bond donors (Lipinski definition) is 3. The Morgan fingerprint density at radius 3 is 2.58 bits per heavy atom. The van der Waals surface area contributed by atoms with Gasteiger partial charge >= 0.3 is 0 Å². The van der Waals surface area contributed by atoms with Crippen molar-refractivity contribution in [1.29, 1.82) is 0 Å². The Balaban J connectivity index is 1.82. The van der Waals surface area contributed by atoms with Crippen LogP contribution in [0.25, 0.3) is 11.0 Å². The lowest BCUT2D eigenvalue weighted by Gasteiger charge is -2.33. The number of aliphatic hydroxyl groups excluding tert-OH is 1. The van der Waals surface area contributed by atoms with Crippen LogP contribution in [0, 0.1) is 13.8 Å². The molecule has 0 saturated carbocycles. The summed E-state index contributed by atoms with van der Waals surface area (Å²) in [6.45, 7) is 5.24. The second-order valence-corrected chi connectivity index (χ2v) is 8.80. The van der Waals surface area contributed by atoms with Gasteiger partial charge in [0.25, 0.3) is 5.92 Å². The molecule has 1 aromatic heterocycles. The van der Waals surface area contributed by atoms with E-state index in [1.54, 1.807) is 37.3 Å². The first kappa shape index (κ1) is 23.2. The summed E-state index contributed by atoms with van der Waals surface area (Å²) in [6, 6.07) is 10.0. The fraction of sp³-hybridized carbons (Fsp3) is 0.400. The third kappa shape index (κ3) is 4.58. The van der Waals surface area contributed by atoms with E-state index >= 15 is 0 Å². The van der Waals surface area contributed by atoms with Crippen molar-refractivity contribution in [2.24, 2.45) is 0 Å². The minimum absolute atomic E-state index is 0.176. The van der Waals surface area contributed by atoms with E-state index in [1.807, 2.05) is 19.9 Å². The number of para-hydroxylation sites is 1. The van der Waals surface area contributed by atoms with Crippen molar-refractivity contribution in [2.45, 2.75) is 51.9 Å². The molecule has 0 amide bonds. The van der Waals surface area contributed by atoms with Gasteiger partial charge in [-0.15, -0.1) is 0 Å². The number of nitrogens with zero attached hydrogens (tertiary/aromatic N) is 1. The van der Waals surface area contributed by atoms with E-state index in [0.29, 0.717) is 46.3 Å². The van der Waals surface area contributed by atoms with Gasteiger partial charge in [-0.3, -0.25) is 4.79 Å². The predicted octanol–water partition coefficient (Wildman–Crippen LogP) is 4.80. The Morgan fingerprint density at radius 2 is 1.88 bits per heavy atom. The van der Waals surface area contributed by atoms with E-state index in [-0.39, 0.29) is 23.8 Å². The smallest absolute Gasteiger partial charge is 0.265 e. The molecule has 176 valence electrons. The number of anilines is 2. The lowest BCUT2D eigenvalue weighted by Crippen LogP contribution is -2.43. The van der Waals surface area contributed by atoms with Gasteiger partial charge in [-0.05, 0) is 44.9 Å². The van der Waals surface area contributed by atoms with E-state index in [0.717, 1.165) is 5.56 Å². The van der Waals surface area contributed by atoms with Gasteiger partial charge in [-0.1, -0.05) is 24.3 Å². The van der Waals surface area contributed by atoms with Gasteiger partial charge in [-0.2, -0.15) is 0 Å². The Bertz CT molecular complexity index is 1240. The first-order valence-corrected chi connectivity index (χ1v) is 11.0. The fourth-order valence-corrected chi connectivity index (χ4v) is 4.48. The number of benzene rings is 2. The zero-order chi connectivity index (χ0) is 23.9. The van der Waals surface area contributed by atoms with Crippen LogP contribution in [0.5, 0.6) is 0 Å². The second-order valence-electron chi connectivity index (χ2n) is 8.80. The maximum Gasteiger partial charge on any atom is 0.265 e. The van der Waals surface area contributed by atoms with Gasteiger partial charge in [0.15, 0.2) is 11.7 Å². The van der Waals surface area contributed by atoms with Crippen molar-refractivity contribution >= 4 is 22.5 Å². The standard InChI is InChI=1S/C25H28F2N2O4/c1-14-11-18(16(3)28-20-8-5-4-7-17(20)24(31)32)22-19(12-14)21(30)15(2)23(33-22)29-10-6-9-25(26,27)13-29/h4-5,7-8,11-12,16,24,28,31-32H,6,9-10,13H2,1-3H3. The van der Waals surface area contributed by atoms with Crippen LogP contribution in [0.4, 0.5) is 20.4 Å². The summed E-state index contributed by atoms with van der Waals surface area (Å²) in [4.78, 5) is 14.7. The Kier molecular flexibility index (Phi) is 6.16. The number of hydrogen-bond acceptors (Lipinski definition) is 6. The molecular formula is C25H28F2N2O4. The molecule has 1 atom stereocenters. The first-order valence-electron chi connectivity index (χ1n) is 11.0. The molecule has 0 spiro atoms. The van der Waals surface area contributed by atoms with Crippen molar-refractivity contribution in [1.82, 2.24) is 0 Å². The average Bonchev–Trinajstić information content (AvgIpc) is 2.75. The molecule has 1 saturated heterocycles. The predicted molar refractivity (Wildman–Crippen MR) is 124 cm³/mol. The van der Waals surface area contributed by atoms with Crippen molar-refractivity contribution in [3.63, 3.8) is 0 Å². The molecule has 3 N–H and O–H groups in total. The highest BCUT2D eigenvalue weighted by Crippen LogP contribution is 2.35. The largest absolute Gasteiger partial charge is 0.440 e. The highest BCUT2D eigenvalue weighted by Gasteiger charge is 2.37. The number of nitrogens with one attached hydrogen (secondary N) is 1. The topological polar surface area (TPSA) is 85.9 Å². The van der Waals surface area contributed by atoms with Crippen LogP contribution in [-0.2, 0) is 0 Å². The number of halogens is 2. The molecule has 0 radical (unpaired) electrons. The molecule has 1 unspecified atom stereocenters. The van der Waals surface area contributed by atoms with E-state index in [2.05, 4.69) is 5.32 Å². The number of fused-ring (bicyclic) bond motifs is 1. The SMILES string of the molecule is Cc1cc(C(C)Nc2ccccc2C(O)O)c2oc(N3CCCC(F)(F)C3)c(C)c(=O)c2c1. The van der Waals surface area contributed by atoms with Crippen LogP contribution in [0.1, 0.15) is 54.4 Å². The van der Waals surface area contributed by atoms with E-state index in [4.69, 9.17) is 4.42 Å². The van der Waals surface area contributed by atoms with Gasteiger partial charge in [0.05, 0.1) is 23.5 Å². The number of piperidine rings is 1. The first-order chi connectivity index (χ1) is 15.6. The second kappa shape index (κ2) is 8.76. The molecule has 1 aliphatic rings. The van der Waals surface area contributed by atoms with Crippen LogP contribution in [0.15, 0.2) is 45.6 Å². The van der Waals surface area contributed by atoms with Gasteiger partial charge in [-0.25, -0.2) is 8.78 Å². The molecule has 33 heavy (non-hydrogen) atoms. The Morgan fingerprint density at radius 1 is 1.15 bits per heavy atom. The molecule has 8 heteroatoms. The third-order valence-corrected chi connectivity index (χ3v) is 6.12. The maximum atomic E-state index is 14.1. The Labute approximate surface area is 190 Å². The van der Waals surface area contributed by atoms with Crippen LogP contribution in [0.3, 0.4) is 0 Å². The van der Waals surface area contributed by atoms with Crippen LogP contribution >= 0.6 is 0 Å². The molecule has 6 nitrogen and oxygen atoms in total. The molecule has 1 fully saturated rings. The number of aryl methyl sites for hydroxylation is 1. The minimum atomic E-state index is -2.84. The molecule has 4 rings (SSSR count). The van der Waals surface area contributed by atoms with Crippen molar-refractivity contribution in [3.05, 3.63) is 68.9 Å². The maximum absolute atomic E-state index is 14.1. The average molecular weight is 459 g/mol.